The standard InChI is InChI=1S/C14H9Br2ClN2O/c15-7-4-5-10(9(17)6-7)18-13-12-8(16)2-1-3-11(12)19-14(13)20/h1-6,13,18H,(H,19,20). The van der Waals surface area contributed by atoms with Gasteiger partial charge in [0.2, 0.25) is 0 Å². The Labute approximate surface area is 138 Å². The van der Waals surface area contributed by atoms with E-state index in [4.69, 9.17) is 11.6 Å². The Balaban J connectivity index is 1.98. The van der Waals surface area contributed by atoms with Crippen LogP contribution in [0.1, 0.15) is 11.6 Å². The molecule has 1 atom stereocenters. The quantitative estimate of drug-likeness (QED) is 0.726. The SMILES string of the molecule is O=C1Nc2cccc(Br)c2C1Nc1ccc(Br)cc1Cl. The molecule has 0 spiro atoms. The van der Waals surface area contributed by atoms with E-state index in [1.165, 1.54) is 0 Å². The fraction of sp³-hybridized carbons (Fsp3) is 0.0714. The van der Waals surface area contributed by atoms with Gasteiger partial charge in [-0.25, -0.2) is 0 Å². The molecule has 2 N–H and O–H groups in total. The van der Waals surface area contributed by atoms with Gasteiger partial charge >= 0.3 is 0 Å². The molecular formula is C14H9Br2ClN2O. The second-order valence-electron chi connectivity index (χ2n) is 4.39. The number of benzene rings is 2. The van der Waals surface area contributed by atoms with Crippen LogP contribution < -0.4 is 10.6 Å². The average molecular weight is 416 g/mol. The van der Waals surface area contributed by atoms with Gasteiger partial charge in [-0.05, 0) is 30.3 Å². The third kappa shape index (κ3) is 2.45. The van der Waals surface area contributed by atoms with Crippen molar-refractivity contribution in [3.63, 3.8) is 0 Å². The monoisotopic (exact) mass is 414 g/mol. The molecule has 1 amide bonds. The summed E-state index contributed by atoms with van der Waals surface area (Å²) in [5, 5.41) is 6.61. The lowest BCUT2D eigenvalue weighted by Gasteiger charge is -2.15. The van der Waals surface area contributed by atoms with E-state index in [1.54, 1.807) is 6.07 Å². The van der Waals surface area contributed by atoms with Gasteiger partial charge in [0.1, 0.15) is 6.04 Å². The Morgan fingerprint density at radius 1 is 1.20 bits per heavy atom. The van der Waals surface area contributed by atoms with Crippen molar-refractivity contribution in [2.75, 3.05) is 10.6 Å². The highest BCUT2D eigenvalue weighted by Gasteiger charge is 2.32. The molecule has 0 fully saturated rings. The van der Waals surface area contributed by atoms with Crippen molar-refractivity contribution >= 4 is 60.7 Å². The molecule has 3 rings (SSSR count). The Morgan fingerprint density at radius 3 is 2.75 bits per heavy atom. The van der Waals surface area contributed by atoms with Crippen LogP contribution in [0.5, 0.6) is 0 Å². The fourth-order valence-corrected chi connectivity index (χ4v) is 3.50. The maximum atomic E-state index is 12.1. The van der Waals surface area contributed by atoms with E-state index in [1.807, 2.05) is 30.3 Å². The topological polar surface area (TPSA) is 41.1 Å². The van der Waals surface area contributed by atoms with E-state index in [9.17, 15) is 4.79 Å². The molecule has 3 nitrogen and oxygen atoms in total. The van der Waals surface area contributed by atoms with Crippen LogP contribution in [0.15, 0.2) is 45.3 Å². The van der Waals surface area contributed by atoms with E-state index in [0.717, 1.165) is 25.9 Å². The number of carbonyl (C=O) groups excluding carboxylic acids is 1. The zero-order valence-corrected chi connectivity index (χ0v) is 14.0. The van der Waals surface area contributed by atoms with Crippen LogP contribution in [0.4, 0.5) is 11.4 Å². The molecule has 0 aliphatic carbocycles. The third-order valence-corrected chi connectivity index (χ3v) is 4.59. The van der Waals surface area contributed by atoms with Gasteiger partial charge in [-0.2, -0.15) is 0 Å². The molecule has 1 aliphatic rings. The summed E-state index contributed by atoms with van der Waals surface area (Å²) in [4.78, 5) is 12.1. The number of anilines is 2. The van der Waals surface area contributed by atoms with Crippen molar-refractivity contribution in [1.82, 2.24) is 0 Å². The molecule has 0 aromatic heterocycles. The molecule has 1 heterocycles. The smallest absolute Gasteiger partial charge is 0.251 e. The van der Waals surface area contributed by atoms with Crippen LogP contribution in [-0.2, 0) is 4.79 Å². The van der Waals surface area contributed by atoms with E-state index in [2.05, 4.69) is 42.5 Å². The molecule has 2 aromatic rings. The Hall–Kier alpha value is -1.04. The maximum Gasteiger partial charge on any atom is 0.251 e. The van der Waals surface area contributed by atoms with Gasteiger partial charge in [0.25, 0.3) is 5.91 Å². The second-order valence-corrected chi connectivity index (χ2v) is 6.57. The Kier molecular flexibility index (Phi) is 3.75. The van der Waals surface area contributed by atoms with Gasteiger partial charge in [-0.15, -0.1) is 0 Å². The molecule has 0 bridgehead atoms. The molecule has 0 saturated carbocycles. The van der Waals surface area contributed by atoms with Crippen LogP contribution in [0, 0.1) is 0 Å². The lowest BCUT2D eigenvalue weighted by molar-refractivity contribution is -0.116. The number of halogens is 3. The first-order valence-electron chi connectivity index (χ1n) is 5.87. The van der Waals surface area contributed by atoms with Crippen molar-refractivity contribution in [3.05, 3.63) is 55.9 Å². The zero-order valence-electron chi connectivity index (χ0n) is 10.1. The number of carbonyl (C=O) groups is 1. The maximum absolute atomic E-state index is 12.1. The molecule has 20 heavy (non-hydrogen) atoms. The van der Waals surface area contributed by atoms with Crippen LogP contribution >= 0.6 is 43.5 Å². The molecule has 0 saturated heterocycles. The Morgan fingerprint density at radius 2 is 2.00 bits per heavy atom. The first-order chi connectivity index (χ1) is 9.56. The third-order valence-electron chi connectivity index (χ3n) is 3.09. The summed E-state index contributed by atoms with van der Waals surface area (Å²) >= 11 is 13.0. The fourth-order valence-electron chi connectivity index (χ4n) is 2.18. The molecule has 6 heteroatoms. The Bertz CT molecular complexity index is 706. The van der Waals surface area contributed by atoms with Gasteiger partial charge in [0.15, 0.2) is 0 Å². The highest BCUT2D eigenvalue weighted by atomic mass is 79.9. The molecule has 0 radical (unpaired) electrons. The van der Waals surface area contributed by atoms with E-state index >= 15 is 0 Å². The first kappa shape index (κ1) is 13.9. The van der Waals surface area contributed by atoms with Crippen LogP contribution in [0.2, 0.25) is 5.02 Å². The van der Waals surface area contributed by atoms with E-state index in [0.29, 0.717) is 5.02 Å². The van der Waals surface area contributed by atoms with Crippen molar-refractivity contribution in [2.45, 2.75) is 6.04 Å². The normalized spacial score (nSPS) is 16.8. The van der Waals surface area contributed by atoms with E-state index < -0.39 is 6.04 Å². The number of hydrogen-bond donors (Lipinski definition) is 2. The first-order valence-corrected chi connectivity index (χ1v) is 7.83. The van der Waals surface area contributed by atoms with Gasteiger partial charge < -0.3 is 10.6 Å². The van der Waals surface area contributed by atoms with Crippen molar-refractivity contribution in [2.24, 2.45) is 0 Å². The van der Waals surface area contributed by atoms with E-state index in [-0.39, 0.29) is 5.91 Å². The second kappa shape index (κ2) is 5.39. The molecule has 2 aromatic carbocycles. The minimum absolute atomic E-state index is 0.0918. The summed E-state index contributed by atoms with van der Waals surface area (Å²) in [7, 11) is 0. The highest BCUT2D eigenvalue weighted by Crippen LogP contribution is 2.39. The number of amides is 1. The number of hydrogen-bond acceptors (Lipinski definition) is 2. The highest BCUT2D eigenvalue weighted by molar-refractivity contribution is 9.10. The van der Waals surface area contributed by atoms with Gasteiger partial charge in [0.05, 0.1) is 10.7 Å². The molecule has 1 aliphatic heterocycles. The summed E-state index contributed by atoms with van der Waals surface area (Å²) in [6.07, 6.45) is 0. The average Bonchev–Trinajstić information content (AvgIpc) is 2.70. The van der Waals surface area contributed by atoms with Gasteiger partial charge in [-0.3, -0.25) is 4.79 Å². The number of fused-ring (bicyclic) bond motifs is 1. The summed E-state index contributed by atoms with van der Waals surface area (Å²) in [5.41, 5.74) is 2.44. The predicted molar refractivity (Wildman–Crippen MR) is 88.3 cm³/mol. The lowest BCUT2D eigenvalue weighted by atomic mass is 10.1. The van der Waals surface area contributed by atoms with Crippen molar-refractivity contribution < 1.29 is 4.79 Å². The van der Waals surface area contributed by atoms with Crippen LogP contribution in [0.3, 0.4) is 0 Å². The van der Waals surface area contributed by atoms with Gasteiger partial charge in [-0.1, -0.05) is 49.5 Å². The van der Waals surface area contributed by atoms with Gasteiger partial charge in [0, 0.05) is 20.2 Å². The summed E-state index contributed by atoms with van der Waals surface area (Å²) in [6.45, 7) is 0. The largest absolute Gasteiger partial charge is 0.369 e. The lowest BCUT2D eigenvalue weighted by Crippen LogP contribution is -2.20. The minimum atomic E-state index is -0.459. The predicted octanol–water partition coefficient (Wildman–Crippen LogP) is 4.97. The van der Waals surface area contributed by atoms with Crippen molar-refractivity contribution in [3.8, 4) is 0 Å². The number of nitrogens with one attached hydrogen (secondary N) is 2. The zero-order chi connectivity index (χ0) is 14.3. The molecule has 1 unspecified atom stereocenters. The summed E-state index contributed by atoms with van der Waals surface area (Å²) in [5.74, 6) is -0.0918. The minimum Gasteiger partial charge on any atom is -0.369 e. The number of rotatable bonds is 2. The van der Waals surface area contributed by atoms with Crippen LogP contribution in [-0.4, -0.2) is 5.91 Å². The summed E-state index contributed by atoms with van der Waals surface area (Å²) in [6, 6.07) is 10.7. The van der Waals surface area contributed by atoms with Crippen molar-refractivity contribution in [1.29, 1.82) is 0 Å². The molecule has 102 valence electrons. The molecular weight excluding hydrogens is 407 g/mol. The van der Waals surface area contributed by atoms with Crippen LogP contribution in [0.25, 0.3) is 0 Å². The summed E-state index contributed by atoms with van der Waals surface area (Å²) < 4.78 is 1.78.